The highest BCUT2D eigenvalue weighted by atomic mass is 35.5. The lowest BCUT2D eigenvalue weighted by atomic mass is 10.2. The lowest BCUT2D eigenvalue weighted by molar-refractivity contribution is 0.0690. The van der Waals surface area contributed by atoms with Crippen molar-refractivity contribution in [2.45, 2.75) is 6.42 Å². The quantitative estimate of drug-likeness (QED) is 0.638. The Balaban J connectivity index is 2.92. The van der Waals surface area contributed by atoms with Crippen molar-refractivity contribution >= 4 is 23.6 Å². The van der Waals surface area contributed by atoms with Gasteiger partial charge in [-0.15, -0.1) is 11.6 Å². The molecule has 0 atom stereocenters. The molecular formula is C10H9ClFNO2. The van der Waals surface area contributed by atoms with Gasteiger partial charge in [0.25, 0.3) is 0 Å². The molecule has 1 aromatic heterocycles. The summed E-state index contributed by atoms with van der Waals surface area (Å²) in [5, 5.41) is 8.64. The van der Waals surface area contributed by atoms with E-state index in [0.29, 0.717) is 17.9 Å². The second-order valence-corrected chi connectivity index (χ2v) is 3.17. The maximum absolute atomic E-state index is 12.9. The zero-order chi connectivity index (χ0) is 11.3. The number of aromatic nitrogens is 1. The molecule has 0 fully saturated rings. The highest BCUT2D eigenvalue weighted by Crippen LogP contribution is 2.09. The zero-order valence-corrected chi connectivity index (χ0v) is 8.54. The summed E-state index contributed by atoms with van der Waals surface area (Å²) < 4.78 is 12.9. The number of hydrogen-bond acceptors (Lipinski definition) is 2. The highest BCUT2D eigenvalue weighted by molar-refractivity contribution is 6.17. The second kappa shape index (κ2) is 5.46. The topological polar surface area (TPSA) is 50.2 Å². The monoisotopic (exact) mass is 229 g/mol. The average Bonchev–Trinajstić information content (AvgIpc) is 2.20. The number of allylic oxidation sites excluding steroid dienone is 1. The van der Waals surface area contributed by atoms with Crippen molar-refractivity contribution in [3.05, 3.63) is 35.4 Å². The Morgan fingerprint density at radius 1 is 1.67 bits per heavy atom. The van der Waals surface area contributed by atoms with Crippen molar-refractivity contribution in [1.29, 1.82) is 0 Å². The molecule has 1 heterocycles. The summed E-state index contributed by atoms with van der Waals surface area (Å²) in [4.78, 5) is 13.9. The molecule has 0 saturated heterocycles. The molecule has 0 amide bonds. The van der Waals surface area contributed by atoms with Crippen LogP contribution in [0, 0.1) is 5.95 Å². The van der Waals surface area contributed by atoms with Gasteiger partial charge in [-0.2, -0.15) is 4.39 Å². The molecule has 0 aliphatic carbocycles. The van der Waals surface area contributed by atoms with Gasteiger partial charge in [0.1, 0.15) is 5.56 Å². The van der Waals surface area contributed by atoms with E-state index in [-0.39, 0.29) is 0 Å². The van der Waals surface area contributed by atoms with Gasteiger partial charge < -0.3 is 5.11 Å². The molecule has 0 aliphatic heterocycles. The summed E-state index contributed by atoms with van der Waals surface area (Å²) in [6.07, 6.45) is 5.36. The fourth-order valence-corrected chi connectivity index (χ4v) is 1.11. The van der Waals surface area contributed by atoms with Crippen LogP contribution in [0.1, 0.15) is 22.3 Å². The number of hydrogen-bond donors (Lipinski definition) is 1. The van der Waals surface area contributed by atoms with Gasteiger partial charge in [-0.3, -0.25) is 0 Å². The Morgan fingerprint density at radius 3 is 3.00 bits per heavy atom. The summed E-state index contributed by atoms with van der Waals surface area (Å²) in [6, 6.07) is 1.23. The lowest BCUT2D eigenvalue weighted by Gasteiger charge is -1.98. The third-order valence-corrected chi connectivity index (χ3v) is 1.89. The van der Waals surface area contributed by atoms with Crippen LogP contribution in [-0.4, -0.2) is 21.9 Å². The van der Waals surface area contributed by atoms with Crippen LogP contribution in [0.5, 0.6) is 0 Å². The van der Waals surface area contributed by atoms with Crippen molar-refractivity contribution in [2.75, 3.05) is 5.88 Å². The third kappa shape index (κ3) is 3.32. The molecular weight excluding hydrogens is 221 g/mol. The summed E-state index contributed by atoms with van der Waals surface area (Å²) >= 11 is 5.45. The van der Waals surface area contributed by atoms with Gasteiger partial charge in [0.15, 0.2) is 0 Å². The van der Waals surface area contributed by atoms with E-state index in [1.165, 1.54) is 12.3 Å². The minimum atomic E-state index is -1.33. The summed E-state index contributed by atoms with van der Waals surface area (Å²) in [6.45, 7) is 0. The van der Waals surface area contributed by atoms with E-state index in [2.05, 4.69) is 4.98 Å². The van der Waals surface area contributed by atoms with Crippen LogP contribution in [0.3, 0.4) is 0 Å². The number of halogens is 2. The molecule has 1 rings (SSSR count). The molecule has 15 heavy (non-hydrogen) atoms. The van der Waals surface area contributed by atoms with Crippen LogP contribution in [0.25, 0.3) is 6.08 Å². The largest absolute Gasteiger partial charge is 0.478 e. The van der Waals surface area contributed by atoms with Crippen molar-refractivity contribution in [1.82, 2.24) is 4.98 Å². The molecule has 0 radical (unpaired) electrons. The number of aromatic carboxylic acids is 1. The van der Waals surface area contributed by atoms with Gasteiger partial charge in [-0.05, 0) is 18.1 Å². The SMILES string of the molecule is O=C(O)c1cc(C=CCCCl)cnc1F. The van der Waals surface area contributed by atoms with Crippen molar-refractivity contribution < 1.29 is 14.3 Å². The van der Waals surface area contributed by atoms with E-state index in [1.807, 2.05) is 0 Å². The van der Waals surface area contributed by atoms with Gasteiger partial charge in [0.2, 0.25) is 5.95 Å². The minimum Gasteiger partial charge on any atom is -0.478 e. The molecule has 1 N–H and O–H groups in total. The Labute approximate surface area is 91.2 Å². The third-order valence-electron chi connectivity index (χ3n) is 1.68. The Morgan fingerprint density at radius 2 is 2.40 bits per heavy atom. The zero-order valence-electron chi connectivity index (χ0n) is 7.78. The van der Waals surface area contributed by atoms with Crippen LogP contribution in [-0.2, 0) is 0 Å². The molecule has 3 nitrogen and oxygen atoms in total. The molecule has 0 spiro atoms. The maximum Gasteiger partial charge on any atom is 0.340 e. The van der Waals surface area contributed by atoms with Crippen molar-refractivity contribution in [3.8, 4) is 0 Å². The standard InChI is InChI=1S/C10H9ClFNO2/c11-4-2-1-3-7-5-8(10(14)15)9(12)13-6-7/h1,3,5-6H,2,4H2,(H,14,15). The van der Waals surface area contributed by atoms with Gasteiger partial charge in [-0.25, -0.2) is 9.78 Å². The first kappa shape index (κ1) is 11.7. The fraction of sp³-hybridized carbons (Fsp3) is 0.200. The first-order chi connectivity index (χ1) is 7.15. The van der Waals surface area contributed by atoms with E-state index in [9.17, 15) is 9.18 Å². The van der Waals surface area contributed by atoms with Crippen LogP contribution < -0.4 is 0 Å². The average molecular weight is 230 g/mol. The minimum absolute atomic E-state index is 0.428. The number of alkyl halides is 1. The van der Waals surface area contributed by atoms with Crippen LogP contribution in [0.2, 0.25) is 0 Å². The molecule has 0 saturated carbocycles. The van der Waals surface area contributed by atoms with Gasteiger partial charge in [0, 0.05) is 12.1 Å². The number of nitrogens with zero attached hydrogens (tertiary/aromatic N) is 1. The smallest absolute Gasteiger partial charge is 0.340 e. The molecule has 1 aromatic rings. The Hall–Kier alpha value is -1.42. The van der Waals surface area contributed by atoms with Crippen LogP contribution >= 0.6 is 11.6 Å². The predicted molar refractivity (Wildman–Crippen MR) is 55.5 cm³/mol. The van der Waals surface area contributed by atoms with Crippen molar-refractivity contribution in [2.24, 2.45) is 0 Å². The van der Waals surface area contributed by atoms with E-state index >= 15 is 0 Å². The predicted octanol–water partition coefficient (Wildman–Crippen LogP) is 2.56. The number of carboxylic acid groups (broad SMARTS) is 1. The number of carbonyl (C=O) groups is 1. The Bertz CT molecular complexity index is 393. The number of pyridine rings is 1. The molecule has 0 unspecified atom stereocenters. The normalized spacial score (nSPS) is 10.8. The molecule has 0 aromatic carbocycles. The van der Waals surface area contributed by atoms with Crippen LogP contribution in [0.4, 0.5) is 4.39 Å². The van der Waals surface area contributed by atoms with E-state index < -0.39 is 17.5 Å². The molecule has 0 aliphatic rings. The molecule has 80 valence electrons. The van der Waals surface area contributed by atoms with Gasteiger partial charge >= 0.3 is 5.97 Å². The summed E-state index contributed by atoms with van der Waals surface area (Å²) in [5.41, 5.74) is 0.113. The first-order valence-electron chi connectivity index (χ1n) is 4.26. The second-order valence-electron chi connectivity index (χ2n) is 2.79. The Kier molecular flexibility index (Phi) is 4.24. The maximum atomic E-state index is 12.9. The lowest BCUT2D eigenvalue weighted by Crippen LogP contribution is -2.02. The molecule has 5 heteroatoms. The van der Waals surface area contributed by atoms with Gasteiger partial charge in [0.05, 0.1) is 0 Å². The van der Waals surface area contributed by atoms with E-state index in [0.717, 1.165) is 0 Å². The summed E-state index contributed by atoms with van der Waals surface area (Å²) in [7, 11) is 0. The van der Waals surface area contributed by atoms with Gasteiger partial charge in [-0.1, -0.05) is 12.2 Å². The first-order valence-corrected chi connectivity index (χ1v) is 4.80. The highest BCUT2D eigenvalue weighted by Gasteiger charge is 2.10. The number of carboxylic acids is 1. The van der Waals surface area contributed by atoms with E-state index in [4.69, 9.17) is 16.7 Å². The van der Waals surface area contributed by atoms with Crippen molar-refractivity contribution in [3.63, 3.8) is 0 Å². The van der Waals surface area contributed by atoms with E-state index in [1.54, 1.807) is 12.2 Å². The fourth-order valence-electron chi connectivity index (χ4n) is 0.988. The summed E-state index contributed by atoms with van der Waals surface area (Å²) in [5.74, 6) is -1.82. The van der Waals surface area contributed by atoms with Crippen LogP contribution in [0.15, 0.2) is 18.3 Å². The molecule has 0 bridgehead atoms. The number of rotatable bonds is 4.